The van der Waals surface area contributed by atoms with Crippen molar-refractivity contribution in [2.75, 3.05) is 0 Å². The molecule has 0 bridgehead atoms. The summed E-state index contributed by atoms with van der Waals surface area (Å²) in [7, 11) is 0. The van der Waals surface area contributed by atoms with E-state index in [1.165, 1.54) is 13.8 Å². The van der Waals surface area contributed by atoms with Crippen LogP contribution in [-0.4, -0.2) is 48.7 Å². The van der Waals surface area contributed by atoms with Gasteiger partial charge in [0.2, 0.25) is 0 Å². The van der Waals surface area contributed by atoms with E-state index in [0.717, 1.165) is 25.7 Å². The smallest absolute Gasteiger partial charge is 0.303 e. The van der Waals surface area contributed by atoms with E-state index < -0.39 is 42.6 Å². The van der Waals surface area contributed by atoms with E-state index in [0.29, 0.717) is 0 Å². The quantitative estimate of drug-likeness (QED) is 0.327. The van der Waals surface area contributed by atoms with Gasteiger partial charge in [0.1, 0.15) is 6.04 Å². The highest BCUT2D eigenvalue weighted by molar-refractivity contribution is 5.67. The van der Waals surface area contributed by atoms with Gasteiger partial charge in [-0.05, 0) is 25.3 Å². The number of ether oxygens (including phenoxy) is 4. The molecule has 0 radical (unpaired) electrons. The fourth-order valence-corrected chi connectivity index (χ4v) is 3.18. The van der Waals surface area contributed by atoms with Crippen LogP contribution in [0.2, 0.25) is 0 Å². The second-order valence-electron chi connectivity index (χ2n) is 6.10. The third kappa shape index (κ3) is 4.59. The van der Waals surface area contributed by atoms with E-state index in [4.69, 9.17) is 24.5 Å². The molecule has 1 saturated heterocycles. The molecule has 0 amide bonds. The van der Waals surface area contributed by atoms with Crippen LogP contribution >= 0.6 is 0 Å². The van der Waals surface area contributed by atoms with Gasteiger partial charge in [0.15, 0.2) is 18.5 Å². The van der Waals surface area contributed by atoms with Crippen LogP contribution in [-0.2, 0) is 28.5 Å². The molecule has 9 heteroatoms. The highest BCUT2D eigenvalue weighted by Gasteiger charge is 2.49. The maximum atomic E-state index is 11.5. The summed E-state index contributed by atoms with van der Waals surface area (Å²) in [5, 5.41) is 3.70. The average molecular weight is 341 g/mol. The molecular formula is C15H23N3O6. The summed E-state index contributed by atoms with van der Waals surface area (Å²) in [5.74, 6) is -1.11. The van der Waals surface area contributed by atoms with Crippen molar-refractivity contribution in [3.05, 3.63) is 10.4 Å². The number of carbonyl (C=O) groups is 2. The number of hydrogen-bond donors (Lipinski definition) is 0. The van der Waals surface area contributed by atoms with E-state index in [2.05, 4.69) is 10.0 Å². The Kier molecular flexibility index (Phi) is 6.42. The van der Waals surface area contributed by atoms with Gasteiger partial charge in [0.05, 0.1) is 12.2 Å². The first-order valence-corrected chi connectivity index (χ1v) is 8.12. The highest BCUT2D eigenvalue weighted by atomic mass is 16.7. The van der Waals surface area contributed by atoms with Crippen LogP contribution in [0.5, 0.6) is 0 Å². The first-order valence-electron chi connectivity index (χ1n) is 8.12. The Morgan fingerprint density at radius 3 is 2.25 bits per heavy atom. The Labute approximate surface area is 140 Å². The predicted molar refractivity (Wildman–Crippen MR) is 81.7 cm³/mol. The zero-order valence-corrected chi connectivity index (χ0v) is 14.1. The molecule has 0 aromatic carbocycles. The molecule has 1 aliphatic heterocycles. The van der Waals surface area contributed by atoms with E-state index in [1.54, 1.807) is 6.92 Å². The van der Waals surface area contributed by atoms with Gasteiger partial charge in [-0.25, -0.2) is 0 Å². The molecule has 2 fully saturated rings. The van der Waals surface area contributed by atoms with Gasteiger partial charge in [-0.15, -0.1) is 0 Å². The number of carbonyl (C=O) groups excluding carboxylic acids is 2. The Bertz CT molecular complexity index is 515. The molecule has 24 heavy (non-hydrogen) atoms. The van der Waals surface area contributed by atoms with E-state index in [1.807, 2.05) is 0 Å². The number of hydrogen-bond acceptors (Lipinski definition) is 7. The maximum Gasteiger partial charge on any atom is 0.303 e. The molecule has 1 aliphatic carbocycles. The Morgan fingerprint density at radius 2 is 1.71 bits per heavy atom. The Balaban J connectivity index is 2.24. The van der Waals surface area contributed by atoms with Gasteiger partial charge in [0.25, 0.3) is 0 Å². The van der Waals surface area contributed by atoms with Gasteiger partial charge in [0, 0.05) is 18.8 Å². The minimum absolute atomic E-state index is 0.0156. The predicted octanol–water partition coefficient (Wildman–Crippen LogP) is 2.23. The Morgan fingerprint density at radius 1 is 1.12 bits per heavy atom. The number of nitrogens with zero attached hydrogens (tertiary/aromatic N) is 3. The molecule has 2 rings (SSSR count). The lowest BCUT2D eigenvalue weighted by Gasteiger charge is -2.43. The van der Waals surface area contributed by atoms with Crippen LogP contribution in [0.25, 0.3) is 10.4 Å². The standard InChI is InChI=1S/C15H23N3O6/c1-8-13(22-9(2)19)14(23-10(3)20)12(17-18-16)15(21-8)24-11-6-4-5-7-11/h8,11-15H,4-7H2,1-3H3/t8-,12-,13+,14-,15-/m1/s1. The fourth-order valence-electron chi connectivity index (χ4n) is 3.18. The molecule has 2 aliphatic rings. The molecule has 1 heterocycles. The van der Waals surface area contributed by atoms with Crippen molar-refractivity contribution in [3.63, 3.8) is 0 Å². The highest BCUT2D eigenvalue weighted by Crippen LogP contribution is 2.32. The van der Waals surface area contributed by atoms with Crippen molar-refractivity contribution in [1.82, 2.24) is 0 Å². The third-order valence-electron chi connectivity index (χ3n) is 4.17. The molecule has 134 valence electrons. The molecule has 0 spiro atoms. The van der Waals surface area contributed by atoms with Crippen molar-refractivity contribution in [3.8, 4) is 0 Å². The average Bonchev–Trinajstić information content (AvgIpc) is 2.99. The van der Waals surface area contributed by atoms with E-state index in [9.17, 15) is 9.59 Å². The lowest BCUT2D eigenvalue weighted by molar-refractivity contribution is -0.273. The van der Waals surface area contributed by atoms with Crippen LogP contribution in [0.3, 0.4) is 0 Å². The summed E-state index contributed by atoms with van der Waals surface area (Å²) < 4.78 is 22.2. The summed E-state index contributed by atoms with van der Waals surface area (Å²) in [4.78, 5) is 25.6. The summed E-state index contributed by atoms with van der Waals surface area (Å²) in [6.45, 7) is 4.19. The maximum absolute atomic E-state index is 11.5. The van der Waals surface area contributed by atoms with Crippen LogP contribution in [0.4, 0.5) is 0 Å². The van der Waals surface area contributed by atoms with E-state index >= 15 is 0 Å². The zero-order valence-electron chi connectivity index (χ0n) is 14.1. The fraction of sp³-hybridized carbons (Fsp3) is 0.867. The largest absolute Gasteiger partial charge is 0.458 e. The lowest BCUT2D eigenvalue weighted by Crippen LogP contribution is -2.59. The molecular weight excluding hydrogens is 318 g/mol. The lowest BCUT2D eigenvalue weighted by atomic mass is 9.97. The van der Waals surface area contributed by atoms with Crippen molar-refractivity contribution in [2.45, 2.75) is 83.2 Å². The monoisotopic (exact) mass is 341 g/mol. The van der Waals surface area contributed by atoms with Crippen LogP contribution in [0.15, 0.2) is 5.11 Å². The molecule has 0 N–H and O–H groups in total. The van der Waals surface area contributed by atoms with Gasteiger partial charge in [-0.2, -0.15) is 0 Å². The number of esters is 2. The molecule has 9 nitrogen and oxygen atoms in total. The van der Waals surface area contributed by atoms with Crippen molar-refractivity contribution in [2.24, 2.45) is 5.11 Å². The topological polar surface area (TPSA) is 120 Å². The molecule has 0 unspecified atom stereocenters. The normalized spacial score (nSPS) is 33.5. The first kappa shape index (κ1) is 18.5. The first-order chi connectivity index (χ1) is 11.4. The summed E-state index contributed by atoms with van der Waals surface area (Å²) in [6, 6.07) is -0.931. The second kappa shape index (κ2) is 8.32. The minimum Gasteiger partial charge on any atom is -0.458 e. The van der Waals surface area contributed by atoms with Crippen molar-refractivity contribution in [1.29, 1.82) is 0 Å². The summed E-state index contributed by atoms with van der Waals surface area (Å²) in [6.07, 6.45) is 0.714. The van der Waals surface area contributed by atoms with Crippen molar-refractivity contribution < 1.29 is 28.5 Å². The zero-order chi connectivity index (χ0) is 17.7. The summed E-state index contributed by atoms with van der Waals surface area (Å²) >= 11 is 0. The van der Waals surface area contributed by atoms with Gasteiger partial charge in [-0.3, -0.25) is 9.59 Å². The van der Waals surface area contributed by atoms with Crippen molar-refractivity contribution >= 4 is 11.9 Å². The van der Waals surface area contributed by atoms with E-state index in [-0.39, 0.29) is 6.10 Å². The van der Waals surface area contributed by atoms with Crippen LogP contribution in [0, 0.1) is 0 Å². The van der Waals surface area contributed by atoms with Crippen LogP contribution in [0.1, 0.15) is 46.5 Å². The SMILES string of the molecule is CC(=O)O[C@@H]1[C@@H](N=[N+]=[N-])[C@@H](OC2CCCC2)O[C@H](C)[C@@H]1OC(C)=O. The molecule has 0 aromatic rings. The summed E-state index contributed by atoms with van der Waals surface area (Å²) in [5.41, 5.74) is 8.88. The molecule has 5 atom stereocenters. The molecule has 0 aromatic heterocycles. The minimum atomic E-state index is -0.961. The van der Waals surface area contributed by atoms with Gasteiger partial charge >= 0.3 is 11.9 Å². The van der Waals surface area contributed by atoms with Gasteiger partial charge in [-0.1, -0.05) is 18.0 Å². The third-order valence-corrected chi connectivity index (χ3v) is 4.17. The van der Waals surface area contributed by atoms with Crippen LogP contribution < -0.4 is 0 Å². The number of azide groups is 1. The second-order valence-corrected chi connectivity index (χ2v) is 6.10. The van der Waals surface area contributed by atoms with Gasteiger partial charge < -0.3 is 18.9 Å². The Hall–Kier alpha value is -1.83. The molecule has 1 saturated carbocycles. The number of rotatable bonds is 5.